The molecule has 1 saturated carbocycles. The van der Waals surface area contributed by atoms with Crippen molar-refractivity contribution in [2.24, 2.45) is 11.3 Å². The number of amides is 1. The number of benzene rings is 1. The highest BCUT2D eigenvalue weighted by atomic mass is 19.3. The summed E-state index contributed by atoms with van der Waals surface area (Å²) in [6.45, 7) is 2.86. The average molecular weight is 311 g/mol. The van der Waals surface area contributed by atoms with Crippen LogP contribution < -0.4 is 5.32 Å². The normalized spacial score (nSPS) is 21.2. The van der Waals surface area contributed by atoms with Crippen LogP contribution in [0.4, 0.5) is 8.78 Å². The van der Waals surface area contributed by atoms with Gasteiger partial charge in [0, 0.05) is 23.9 Å². The van der Waals surface area contributed by atoms with Gasteiger partial charge < -0.3 is 10.4 Å². The van der Waals surface area contributed by atoms with E-state index in [0.29, 0.717) is 11.1 Å². The highest BCUT2D eigenvalue weighted by molar-refractivity contribution is 5.95. The van der Waals surface area contributed by atoms with E-state index in [9.17, 15) is 18.4 Å². The van der Waals surface area contributed by atoms with Crippen molar-refractivity contribution in [2.75, 3.05) is 6.54 Å². The maximum atomic E-state index is 13.5. The maximum absolute atomic E-state index is 13.5. The van der Waals surface area contributed by atoms with Crippen LogP contribution in [0.5, 0.6) is 0 Å². The smallest absolute Gasteiger partial charge is 0.303 e. The van der Waals surface area contributed by atoms with Gasteiger partial charge in [-0.25, -0.2) is 8.78 Å². The van der Waals surface area contributed by atoms with E-state index in [1.807, 2.05) is 0 Å². The minimum absolute atomic E-state index is 0.0853. The lowest BCUT2D eigenvalue weighted by atomic mass is 10.0. The summed E-state index contributed by atoms with van der Waals surface area (Å²) < 4.78 is 27.0. The molecule has 1 aromatic rings. The predicted octanol–water partition coefficient (Wildman–Crippen LogP) is 2.72. The summed E-state index contributed by atoms with van der Waals surface area (Å²) in [6, 6.07) is 6.62. The molecule has 6 heteroatoms. The zero-order valence-corrected chi connectivity index (χ0v) is 12.5. The van der Waals surface area contributed by atoms with Crippen molar-refractivity contribution in [1.82, 2.24) is 5.32 Å². The van der Waals surface area contributed by atoms with Crippen LogP contribution in [0.25, 0.3) is 0 Å². The summed E-state index contributed by atoms with van der Waals surface area (Å²) in [5, 5.41) is 11.3. The molecular weight excluding hydrogens is 292 g/mol. The van der Waals surface area contributed by atoms with E-state index in [1.54, 1.807) is 24.3 Å². The third-order valence-corrected chi connectivity index (χ3v) is 4.42. The number of halogens is 2. The highest BCUT2D eigenvalue weighted by Crippen LogP contribution is 2.65. The number of hydrogen-bond donors (Lipinski definition) is 2. The molecule has 0 spiro atoms. The number of aryl methyl sites for hydroxylation is 1. The first-order valence-electron chi connectivity index (χ1n) is 7.13. The minimum Gasteiger partial charge on any atom is -0.481 e. The van der Waals surface area contributed by atoms with Crippen LogP contribution in [-0.4, -0.2) is 29.5 Å². The maximum Gasteiger partial charge on any atom is 0.303 e. The van der Waals surface area contributed by atoms with Crippen molar-refractivity contribution >= 4 is 11.9 Å². The van der Waals surface area contributed by atoms with Gasteiger partial charge in [0.05, 0.1) is 5.92 Å². The third-order valence-electron chi connectivity index (χ3n) is 4.42. The van der Waals surface area contributed by atoms with E-state index in [0.717, 1.165) is 0 Å². The van der Waals surface area contributed by atoms with E-state index >= 15 is 0 Å². The molecule has 2 N–H and O–H groups in total. The zero-order valence-electron chi connectivity index (χ0n) is 12.5. The fourth-order valence-electron chi connectivity index (χ4n) is 2.63. The Kier molecular flexibility index (Phi) is 4.22. The van der Waals surface area contributed by atoms with E-state index < -0.39 is 29.1 Å². The lowest BCUT2D eigenvalue weighted by Crippen LogP contribution is -2.28. The molecule has 0 radical (unpaired) electrons. The van der Waals surface area contributed by atoms with Crippen molar-refractivity contribution < 1.29 is 23.5 Å². The van der Waals surface area contributed by atoms with Gasteiger partial charge in [-0.15, -0.1) is 0 Å². The number of carboxylic acids is 1. The lowest BCUT2D eigenvalue weighted by molar-refractivity contribution is -0.136. The van der Waals surface area contributed by atoms with Crippen molar-refractivity contribution in [2.45, 2.75) is 32.6 Å². The van der Waals surface area contributed by atoms with Crippen molar-refractivity contribution in [3.05, 3.63) is 35.4 Å². The van der Waals surface area contributed by atoms with Crippen LogP contribution in [-0.2, 0) is 11.2 Å². The summed E-state index contributed by atoms with van der Waals surface area (Å²) >= 11 is 0. The number of nitrogens with one attached hydrogen (secondary N) is 1. The predicted molar refractivity (Wildman–Crippen MR) is 77.0 cm³/mol. The van der Waals surface area contributed by atoms with Gasteiger partial charge in [-0.1, -0.05) is 32.0 Å². The van der Waals surface area contributed by atoms with Gasteiger partial charge in [0.1, 0.15) is 0 Å². The molecule has 0 saturated heterocycles. The molecule has 1 aromatic carbocycles. The van der Waals surface area contributed by atoms with E-state index in [1.165, 1.54) is 13.8 Å². The fourth-order valence-corrected chi connectivity index (χ4v) is 2.63. The molecular formula is C16H19F2NO3. The number of aliphatic carboxylic acids is 1. The summed E-state index contributed by atoms with van der Waals surface area (Å²) in [4.78, 5) is 22.8. The Morgan fingerprint density at radius 3 is 2.41 bits per heavy atom. The molecule has 0 bridgehead atoms. The van der Waals surface area contributed by atoms with E-state index in [-0.39, 0.29) is 19.4 Å². The van der Waals surface area contributed by atoms with Crippen molar-refractivity contribution in [1.29, 1.82) is 0 Å². The highest BCUT2D eigenvalue weighted by Gasteiger charge is 2.74. The van der Waals surface area contributed by atoms with Crippen LogP contribution >= 0.6 is 0 Å². The minimum atomic E-state index is -2.76. The van der Waals surface area contributed by atoms with Crippen molar-refractivity contribution in [3.8, 4) is 0 Å². The molecule has 120 valence electrons. The molecule has 22 heavy (non-hydrogen) atoms. The molecule has 1 amide bonds. The van der Waals surface area contributed by atoms with Crippen LogP contribution in [0.2, 0.25) is 0 Å². The van der Waals surface area contributed by atoms with Gasteiger partial charge in [-0.3, -0.25) is 9.59 Å². The Hall–Kier alpha value is -1.98. The first-order chi connectivity index (χ1) is 10.2. The Morgan fingerprint density at radius 1 is 1.27 bits per heavy atom. The summed E-state index contributed by atoms with van der Waals surface area (Å²) in [6.07, 6.45) is 0.141. The summed E-state index contributed by atoms with van der Waals surface area (Å²) in [5.41, 5.74) is -0.155. The number of hydrogen-bond acceptors (Lipinski definition) is 2. The molecule has 2 rings (SSSR count). The SMILES string of the molecule is CC1(C)C(CNC(=O)c2ccccc2CCC(=O)O)C1(F)F. The molecule has 0 aromatic heterocycles. The van der Waals surface area contributed by atoms with E-state index in [4.69, 9.17) is 5.11 Å². The van der Waals surface area contributed by atoms with Crippen LogP contribution in [0.1, 0.15) is 36.2 Å². The molecule has 4 nitrogen and oxygen atoms in total. The molecule has 0 heterocycles. The molecule has 1 aliphatic carbocycles. The molecule has 1 fully saturated rings. The third kappa shape index (κ3) is 2.96. The number of carbonyl (C=O) groups is 2. The second kappa shape index (κ2) is 5.66. The quantitative estimate of drug-likeness (QED) is 0.849. The molecule has 0 aliphatic heterocycles. The first kappa shape index (κ1) is 16.4. The summed E-state index contributed by atoms with van der Waals surface area (Å²) in [5.74, 6) is -5.02. The number of carboxylic acid groups (broad SMARTS) is 1. The molecule has 1 aliphatic rings. The van der Waals surface area contributed by atoms with Gasteiger partial charge in [0.15, 0.2) is 0 Å². The monoisotopic (exact) mass is 311 g/mol. The topological polar surface area (TPSA) is 66.4 Å². The summed E-state index contributed by atoms with van der Waals surface area (Å²) in [7, 11) is 0. The standard InChI is InChI=1S/C16H19F2NO3/c1-15(2)12(16(15,17)18)9-19-14(22)11-6-4-3-5-10(11)7-8-13(20)21/h3-6,12H,7-9H2,1-2H3,(H,19,22)(H,20,21). The van der Waals surface area contributed by atoms with Gasteiger partial charge in [0.25, 0.3) is 11.8 Å². The Morgan fingerprint density at radius 2 is 1.86 bits per heavy atom. The number of carbonyl (C=O) groups excluding carboxylic acids is 1. The van der Waals surface area contributed by atoms with Crippen LogP contribution in [0.15, 0.2) is 24.3 Å². The van der Waals surface area contributed by atoms with Gasteiger partial charge in [-0.2, -0.15) is 0 Å². The zero-order chi connectivity index (χ0) is 16.5. The molecule has 1 atom stereocenters. The Bertz CT molecular complexity index is 585. The number of rotatable bonds is 6. The van der Waals surface area contributed by atoms with Gasteiger partial charge in [-0.05, 0) is 18.1 Å². The molecule has 1 unspecified atom stereocenters. The lowest BCUT2D eigenvalue weighted by Gasteiger charge is -2.09. The first-order valence-corrected chi connectivity index (χ1v) is 7.13. The fraction of sp³-hybridized carbons (Fsp3) is 0.500. The second-order valence-corrected chi connectivity index (χ2v) is 6.16. The Labute approximate surface area is 127 Å². The number of alkyl halides is 2. The average Bonchev–Trinajstić information content (AvgIpc) is 2.84. The van der Waals surface area contributed by atoms with Crippen LogP contribution in [0, 0.1) is 11.3 Å². The second-order valence-electron chi connectivity index (χ2n) is 6.16. The van der Waals surface area contributed by atoms with Crippen LogP contribution in [0.3, 0.4) is 0 Å². The van der Waals surface area contributed by atoms with Gasteiger partial charge in [0.2, 0.25) is 0 Å². The largest absolute Gasteiger partial charge is 0.481 e. The van der Waals surface area contributed by atoms with E-state index in [2.05, 4.69) is 5.32 Å². The Balaban J connectivity index is 2.00. The van der Waals surface area contributed by atoms with Gasteiger partial charge >= 0.3 is 5.97 Å². The van der Waals surface area contributed by atoms with Crippen molar-refractivity contribution in [3.63, 3.8) is 0 Å².